The number of nitro groups is 1. The maximum Gasteiger partial charge on any atom is 0.315 e. The molecule has 1 N–H and O–H groups in total. The number of benzene rings is 1. The molecule has 0 heterocycles. The molecule has 1 rings (SSSR count). The van der Waals surface area contributed by atoms with Gasteiger partial charge in [0.2, 0.25) is 0 Å². The Morgan fingerprint density at radius 1 is 1.43 bits per heavy atom. The molecule has 0 amide bonds. The molecule has 118 valence electrons. The summed E-state index contributed by atoms with van der Waals surface area (Å²) >= 11 is 0. The third kappa shape index (κ3) is 4.32. The normalized spacial score (nSPS) is 12.0. The molecule has 21 heavy (non-hydrogen) atoms. The van der Waals surface area contributed by atoms with Gasteiger partial charge in [0.1, 0.15) is 11.4 Å². The number of methoxy groups -OCH3 is 1. The summed E-state index contributed by atoms with van der Waals surface area (Å²) in [5.74, 6) is 0. The molecule has 6 heteroatoms. The Balaban J connectivity index is 3.23. The average molecular weight is 295 g/mol. The van der Waals surface area contributed by atoms with Gasteiger partial charge in [-0.15, -0.1) is 0 Å². The van der Waals surface area contributed by atoms with Crippen molar-refractivity contribution in [2.24, 2.45) is 0 Å². The molecule has 0 aliphatic carbocycles. The lowest BCUT2D eigenvalue weighted by Crippen LogP contribution is -2.36. The van der Waals surface area contributed by atoms with Gasteiger partial charge < -0.3 is 15.0 Å². The first-order valence-corrected chi connectivity index (χ1v) is 7.33. The maximum atomic E-state index is 11.5. The summed E-state index contributed by atoms with van der Waals surface area (Å²) < 4.78 is 5.18. The molecule has 0 aliphatic heterocycles. The summed E-state index contributed by atoms with van der Waals surface area (Å²) in [7, 11) is 1.64. The lowest BCUT2D eigenvalue weighted by atomic mass is 10.1. The highest BCUT2D eigenvalue weighted by atomic mass is 16.6. The van der Waals surface area contributed by atoms with Crippen LogP contribution in [-0.2, 0) is 4.74 Å². The van der Waals surface area contributed by atoms with E-state index in [9.17, 15) is 10.1 Å². The van der Waals surface area contributed by atoms with E-state index in [2.05, 4.69) is 5.32 Å². The Bertz CT molecular complexity index is 465. The van der Waals surface area contributed by atoms with Crippen molar-refractivity contribution in [1.29, 1.82) is 0 Å². The summed E-state index contributed by atoms with van der Waals surface area (Å²) in [6.07, 6.45) is 0.916. The molecular formula is C15H25N3O3. The molecule has 0 aromatic heterocycles. The molecule has 1 aromatic carbocycles. The van der Waals surface area contributed by atoms with Crippen molar-refractivity contribution in [3.8, 4) is 0 Å². The smallest absolute Gasteiger partial charge is 0.315 e. The topological polar surface area (TPSA) is 67.6 Å². The second kappa shape index (κ2) is 8.46. The molecule has 6 nitrogen and oxygen atoms in total. The van der Waals surface area contributed by atoms with Gasteiger partial charge in [0.05, 0.1) is 11.5 Å². The van der Waals surface area contributed by atoms with Crippen molar-refractivity contribution in [1.82, 2.24) is 0 Å². The lowest BCUT2D eigenvalue weighted by molar-refractivity contribution is -0.383. The molecule has 0 bridgehead atoms. The molecule has 0 radical (unpaired) electrons. The number of hydrogen-bond acceptors (Lipinski definition) is 5. The van der Waals surface area contributed by atoms with Crippen molar-refractivity contribution in [2.45, 2.75) is 33.2 Å². The van der Waals surface area contributed by atoms with E-state index < -0.39 is 0 Å². The van der Waals surface area contributed by atoms with Crippen LogP contribution in [0.4, 0.5) is 17.1 Å². The van der Waals surface area contributed by atoms with Crippen molar-refractivity contribution in [3.05, 3.63) is 28.3 Å². The van der Waals surface area contributed by atoms with Gasteiger partial charge in [-0.1, -0.05) is 13.0 Å². The standard InChI is InChI=1S/C15H25N3O3/c1-5-10-16-13-8-7-9-14(15(13)18(19)20)17(6-2)12(3)11-21-4/h7-9,12,16H,5-6,10-11H2,1-4H3. The Hall–Kier alpha value is -1.82. The van der Waals surface area contributed by atoms with E-state index in [0.29, 0.717) is 31.1 Å². The van der Waals surface area contributed by atoms with Crippen LogP contribution in [0.5, 0.6) is 0 Å². The van der Waals surface area contributed by atoms with E-state index in [1.807, 2.05) is 31.7 Å². The number of likely N-dealkylation sites (N-methyl/N-ethyl adjacent to an activating group) is 1. The number of anilines is 2. The molecule has 0 spiro atoms. The highest BCUT2D eigenvalue weighted by Gasteiger charge is 2.25. The van der Waals surface area contributed by atoms with Crippen LogP contribution in [0.15, 0.2) is 18.2 Å². The predicted molar refractivity (Wildman–Crippen MR) is 86.2 cm³/mol. The minimum absolute atomic E-state index is 0.0696. The van der Waals surface area contributed by atoms with Gasteiger partial charge >= 0.3 is 5.69 Å². The highest BCUT2D eigenvalue weighted by Crippen LogP contribution is 2.36. The molecule has 1 unspecified atom stereocenters. The molecule has 0 fully saturated rings. The van der Waals surface area contributed by atoms with Crippen LogP contribution in [0.25, 0.3) is 0 Å². The van der Waals surface area contributed by atoms with Crippen LogP contribution >= 0.6 is 0 Å². The first-order chi connectivity index (χ1) is 10.1. The van der Waals surface area contributed by atoms with Crippen molar-refractivity contribution in [3.63, 3.8) is 0 Å². The van der Waals surface area contributed by atoms with Crippen LogP contribution in [0.2, 0.25) is 0 Å². The van der Waals surface area contributed by atoms with E-state index in [1.165, 1.54) is 0 Å². The zero-order valence-corrected chi connectivity index (χ0v) is 13.3. The summed E-state index contributed by atoms with van der Waals surface area (Å²) in [5, 5.41) is 14.6. The Morgan fingerprint density at radius 3 is 2.67 bits per heavy atom. The Kier molecular flexibility index (Phi) is 6.94. The molecule has 0 saturated heterocycles. The number of rotatable bonds is 9. The first-order valence-electron chi connectivity index (χ1n) is 7.33. The van der Waals surface area contributed by atoms with E-state index in [-0.39, 0.29) is 16.7 Å². The fraction of sp³-hybridized carbons (Fsp3) is 0.600. The summed E-state index contributed by atoms with van der Waals surface area (Å²) in [6, 6.07) is 5.47. The van der Waals surface area contributed by atoms with Crippen molar-refractivity contribution >= 4 is 17.1 Å². The van der Waals surface area contributed by atoms with E-state index in [4.69, 9.17) is 4.74 Å². The first kappa shape index (κ1) is 17.2. The lowest BCUT2D eigenvalue weighted by Gasteiger charge is -2.29. The maximum absolute atomic E-state index is 11.5. The van der Waals surface area contributed by atoms with E-state index in [1.54, 1.807) is 19.2 Å². The molecule has 1 aromatic rings. The van der Waals surface area contributed by atoms with Gasteiger partial charge in [0.15, 0.2) is 0 Å². The Labute approximate surface area is 126 Å². The number of nitrogens with one attached hydrogen (secondary N) is 1. The van der Waals surface area contributed by atoms with Crippen LogP contribution in [0.3, 0.4) is 0 Å². The van der Waals surface area contributed by atoms with Gasteiger partial charge in [0.25, 0.3) is 0 Å². The zero-order chi connectivity index (χ0) is 15.8. The number of para-hydroxylation sites is 1. The average Bonchev–Trinajstić information content (AvgIpc) is 2.46. The minimum Gasteiger partial charge on any atom is -0.383 e. The summed E-state index contributed by atoms with van der Waals surface area (Å²) in [4.78, 5) is 13.2. The monoisotopic (exact) mass is 295 g/mol. The second-order valence-electron chi connectivity index (χ2n) is 4.95. The predicted octanol–water partition coefficient (Wildman–Crippen LogP) is 3.28. The number of nitrogens with zero attached hydrogens (tertiary/aromatic N) is 2. The molecule has 1 atom stereocenters. The third-order valence-corrected chi connectivity index (χ3v) is 3.35. The summed E-state index contributed by atoms with van der Waals surface area (Å²) in [6.45, 7) is 7.94. The fourth-order valence-corrected chi connectivity index (χ4v) is 2.41. The quantitative estimate of drug-likeness (QED) is 0.559. The van der Waals surface area contributed by atoms with Crippen LogP contribution in [0, 0.1) is 10.1 Å². The number of hydrogen-bond donors (Lipinski definition) is 1. The van der Waals surface area contributed by atoms with Gasteiger partial charge in [-0.2, -0.15) is 0 Å². The fourth-order valence-electron chi connectivity index (χ4n) is 2.41. The molecule has 0 saturated carbocycles. The van der Waals surface area contributed by atoms with Gasteiger partial charge in [-0.05, 0) is 32.4 Å². The van der Waals surface area contributed by atoms with E-state index in [0.717, 1.165) is 6.42 Å². The van der Waals surface area contributed by atoms with Crippen LogP contribution < -0.4 is 10.2 Å². The SMILES string of the molecule is CCCNc1cccc(N(CC)C(C)COC)c1[N+](=O)[O-]. The third-order valence-electron chi connectivity index (χ3n) is 3.35. The molecule has 0 aliphatic rings. The largest absolute Gasteiger partial charge is 0.383 e. The number of ether oxygens (including phenoxy) is 1. The van der Waals surface area contributed by atoms with Crippen LogP contribution in [-0.4, -0.2) is 37.8 Å². The highest BCUT2D eigenvalue weighted by molar-refractivity contribution is 5.77. The second-order valence-corrected chi connectivity index (χ2v) is 4.95. The molecular weight excluding hydrogens is 270 g/mol. The van der Waals surface area contributed by atoms with E-state index >= 15 is 0 Å². The van der Waals surface area contributed by atoms with Gasteiger partial charge in [-0.25, -0.2) is 0 Å². The van der Waals surface area contributed by atoms with Crippen molar-refractivity contribution < 1.29 is 9.66 Å². The Morgan fingerprint density at radius 2 is 2.14 bits per heavy atom. The van der Waals surface area contributed by atoms with Crippen molar-refractivity contribution in [2.75, 3.05) is 37.0 Å². The zero-order valence-electron chi connectivity index (χ0n) is 13.3. The van der Waals surface area contributed by atoms with Gasteiger partial charge in [0, 0.05) is 26.2 Å². The van der Waals surface area contributed by atoms with Crippen LogP contribution in [0.1, 0.15) is 27.2 Å². The number of nitro benzene ring substituents is 1. The minimum atomic E-state index is -0.310. The van der Waals surface area contributed by atoms with Gasteiger partial charge in [-0.3, -0.25) is 10.1 Å². The summed E-state index contributed by atoms with van der Waals surface area (Å²) in [5.41, 5.74) is 1.34.